The molecule has 5 heteroatoms. The molecule has 0 aliphatic carbocycles. The summed E-state index contributed by atoms with van der Waals surface area (Å²) in [6, 6.07) is 12.4. The van der Waals surface area contributed by atoms with Crippen LogP contribution >= 0.6 is 31.9 Å². The normalized spacial score (nSPS) is 17.9. The van der Waals surface area contributed by atoms with Crippen LogP contribution in [0.1, 0.15) is 12.0 Å². The zero-order chi connectivity index (χ0) is 15.4. The molecule has 116 valence electrons. The van der Waals surface area contributed by atoms with Gasteiger partial charge in [0.1, 0.15) is 4.60 Å². The van der Waals surface area contributed by atoms with E-state index < -0.39 is 0 Å². The number of ether oxygens (including phenoxy) is 1. The van der Waals surface area contributed by atoms with Crippen LogP contribution in [0.25, 0.3) is 0 Å². The molecular weight excluding hydrogens is 408 g/mol. The molecule has 0 radical (unpaired) electrons. The minimum absolute atomic E-state index is 0.578. The molecule has 1 fully saturated rings. The molecule has 1 saturated heterocycles. The molecule has 0 N–H and O–H groups in total. The number of nitrogens with zero attached hydrogens (tertiary/aromatic N) is 2. The Hall–Kier alpha value is -0.910. The fourth-order valence-corrected chi connectivity index (χ4v) is 3.53. The monoisotopic (exact) mass is 424 g/mol. The van der Waals surface area contributed by atoms with E-state index in [4.69, 9.17) is 4.74 Å². The van der Waals surface area contributed by atoms with Crippen LogP contribution in [0, 0.1) is 5.92 Å². The van der Waals surface area contributed by atoms with Gasteiger partial charge in [0.05, 0.1) is 18.9 Å². The van der Waals surface area contributed by atoms with Gasteiger partial charge in [-0.3, -0.25) is 0 Å². The summed E-state index contributed by atoms with van der Waals surface area (Å²) in [6.45, 7) is 3.57. The number of anilines is 1. The van der Waals surface area contributed by atoms with Gasteiger partial charge in [-0.2, -0.15) is 0 Å². The maximum absolute atomic E-state index is 5.88. The van der Waals surface area contributed by atoms with Crippen molar-refractivity contribution in [3.63, 3.8) is 0 Å². The highest BCUT2D eigenvalue weighted by Gasteiger charge is 2.24. The van der Waals surface area contributed by atoms with Gasteiger partial charge >= 0.3 is 0 Å². The van der Waals surface area contributed by atoms with Gasteiger partial charge in [0, 0.05) is 29.7 Å². The fourth-order valence-electron chi connectivity index (χ4n) is 2.74. The van der Waals surface area contributed by atoms with Crippen molar-refractivity contribution in [2.75, 3.05) is 24.6 Å². The van der Waals surface area contributed by atoms with Gasteiger partial charge in [0.15, 0.2) is 0 Å². The Morgan fingerprint density at radius 3 is 2.86 bits per heavy atom. The van der Waals surface area contributed by atoms with Gasteiger partial charge < -0.3 is 9.64 Å². The zero-order valence-corrected chi connectivity index (χ0v) is 15.4. The highest BCUT2D eigenvalue weighted by Crippen LogP contribution is 2.31. The highest BCUT2D eigenvalue weighted by molar-refractivity contribution is 9.11. The van der Waals surface area contributed by atoms with E-state index >= 15 is 0 Å². The molecular formula is C17H18Br2N2O. The molecule has 0 bridgehead atoms. The summed E-state index contributed by atoms with van der Waals surface area (Å²) in [5.74, 6) is 0.578. The first-order chi connectivity index (χ1) is 10.7. The molecule has 1 aliphatic heterocycles. The van der Waals surface area contributed by atoms with Crippen LogP contribution in [-0.4, -0.2) is 24.7 Å². The molecule has 3 rings (SSSR count). The lowest BCUT2D eigenvalue weighted by atomic mass is 10.1. The number of aromatic nitrogens is 1. The Balaban J connectivity index is 1.51. The Kier molecular flexibility index (Phi) is 5.50. The van der Waals surface area contributed by atoms with Gasteiger partial charge in [-0.25, -0.2) is 4.98 Å². The van der Waals surface area contributed by atoms with E-state index in [0.717, 1.165) is 40.9 Å². The topological polar surface area (TPSA) is 25.4 Å². The Bertz CT molecular complexity index is 621. The molecule has 0 spiro atoms. The maximum atomic E-state index is 5.88. The van der Waals surface area contributed by atoms with Crippen LogP contribution in [0.3, 0.4) is 0 Å². The third-order valence-corrected chi connectivity index (χ3v) is 4.92. The van der Waals surface area contributed by atoms with Crippen molar-refractivity contribution in [2.45, 2.75) is 13.0 Å². The van der Waals surface area contributed by atoms with Crippen molar-refractivity contribution in [1.29, 1.82) is 0 Å². The first-order valence-electron chi connectivity index (χ1n) is 7.40. The van der Waals surface area contributed by atoms with Crippen LogP contribution < -0.4 is 4.90 Å². The predicted octanol–water partition coefficient (Wildman–Crippen LogP) is 4.65. The number of hydrogen-bond donors (Lipinski definition) is 0. The number of halogens is 2. The third kappa shape index (κ3) is 4.09. The minimum atomic E-state index is 0.578. The quantitative estimate of drug-likeness (QED) is 0.652. The smallest absolute Gasteiger partial charge is 0.129 e. The molecule has 1 aromatic carbocycles. The molecule has 0 unspecified atom stereocenters. The number of pyridine rings is 1. The molecule has 0 amide bonds. The molecule has 0 saturated carbocycles. The molecule has 3 nitrogen and oxygen atoms in total. The van der Waals surface area contributed by atoms with E-state index in [0.29, 0.717) is 12.5 Å². The van der Waals surface area contributed by atoms with E-state index in [1.54, 1.807) is 0 Å². The van der Waals surface area contributed by atoms with Crippen molar-refractivity contribution >= 4 is 37.5 Å². The summed E-state index contributed by atoms with van der Waals surface area (Å²) < 4.78 is 7.79. The third-order valence-electron chi connectivity index (χ3n) is 3.88. The van der Waals surface area contributed by atoms with Crippen LogP contribution in [0.5, 0.6) is 0 Å². The second kappa shape index (κ2) is 7.57. The fraction of sp³-hybridized carbons (Fsp3) is 0.353. The molecule has 22 heavy (non-hydrogen) atoms. The Morgan fingerprint density at radius 2 is 2.05 bits per heavy atom. The van der Waals surface area contributed by atoms with Crippen molar-refractivity contribution in [1.82, 2.24) is 4.98 Å². The summed E-state index contributed by atoms with van der Waals surface area (Å²) in [6.07, 6.45) is 2.97. The van der Waals surface area contributed by atoms with Crippen molar-refractivity contribution in [3.05, 3.63) is 57.2 Å². The number of rotatable bonds is 5. The first kappa shape index (κ1) is 16.0. The van der Waals surface area contributed by atoms with E-state index in [9.17, 15) is 0 Å². The summed E-state index contributed by atoms with van der Waals surface area (Å²) in [5, 5.41) is 0. The summed E-state index contributed by atoms with van der Waals surface area (Å²) in [7, 11) is 0. The van der Waals surface area contributed by atoms with E-state index in [2.05, 4.69) is 59.9 Å². The van der Waals surface area contributed by atoms with E-state index in [1.807, 2.05) is 24.4 Å². The molecule has 1 aliphatic rings. The first-order valence-corrected chi connectivity index (χ1v) is 8.98. The van der Waals surface area contributed by atoms with Crippen LogP contribution in [0.2, 0.25) is 0 Å². The van der Waals surface area contributed by atoms with E-state index in [-0.39, 0.29) is 0 Å². The standard InChI is InChI=1S/C17H18Br2N2O/c18-15-8-16(17(19)20-9-15)21-7-6-14(10-21)12-22-11-13-4-2-1-3-5-13/h1-5,8-9,14H,6-7,10-12H2/t14-/m1/s1. The van der Waals surface area contributed by atoms with E-state index in [1.165, 1.54) is 5.56 Å². The zero-order valence-electron chi connectivity index (χ0n) is 12.2. The summed E-state index contributed by atoms with van der Waals surface area (Å²) in [5.41, 5.74) is 2.39. The van der Waals surface area contributed by atoms with Crippen LogP contribution in [0.4, 0.5) is 5.69 Å². The van der Waals surface area contributed by atoms with Crippen molar-refractivity contribution < 1.29 is 4.74 Å². The number of hydrogen-bond acceptors (Lipinski definition) is 3. The van der Waals surface area contributed by atoms with Crippen LogP contribution in [-0.2, 0) is 11.3 Å². The van der Waals surface area contributed by atoms with Crippen molar-refractivity contribution in [3.8, 4) is 0 Å². The van der Waals surface area contributed by atoms with Gasteiger partial charge in [0.25, 0.3) is 0 Å². The largest absolute Gasteiger partial charge is 0.376 e. The molecule has 1 aromatic heterocycles. The summed E-state index contributed by atoms with van der Waals surface area (Å²) in [4.78, 5) is 6.72. The van der Waals surface area contributed by atoms with Gasteiger partial charge in [0.2, 0.25) is 0 Å². The Morgan fingerprint density at radius 1 is 1.23 bits per heavy atom. The lowest BCUT2D eigenvalue weighted by Crippen LogP contribution is -2.21. The van der Waals surface area contributed by atoms with Gasteiger partial charge in [-0.15, -0.1) is 0 Å². The average Bonchev–Trinajstić information content (AvgIpc) is 2.99. The van der Waals surface area contributed by atoms with Crippen LogP contribution in [0.15, 0.2) is 51.7 Å². The lowest BCUT2D eigenvalue weighted by molar-refractivity contribution is 0.0929. The lowest BCUT2D eigenvalue weighted by Gasteiger charge is -2.20. The average molecular weight is 426 g/mol. The minimum Gasteiger partial charge on any atom is -0.376 e. The predicted molar refractivity (Wildman–Crippen MR) is 96.1 cm³/mol. The molecule has 2 aromatic rings. The van der Waals surface area contributed by atoms with Crippen molar-refractivity contribution in [2.24, 2.45) is 5.92 Å². The Labute approximate surface area is 148 Å². The SMILES string of the molecule is Brc1cnc(Br)c(N2CC[C@@H](COCc3ccccc3)C2)c1. The number of benzene rings is 1. The van der Waals surface area contributed by atoms with Gasteiger partial charge in [-0.1, -0.05) is 30.3 Å². The molecule has 2 heterocycles. The maximum Gasteiger partial charge on any atom is 0.129 e. The second-order valence-electron chi connectivity index (χ2n) is 5.56. The molecule has 1 atom stereocenters. The second-order valence-corrected chi connectivity index (χ2v) is 7.23. The highest BCUT2D eigenvalue weighted by atomic mass is 79.9. The van der Waals surface area contributed by atoms with Gasteiger partial charge in [-0.05, 0) is 49.9 Å². The summed E-state index contributed by atoms with van der Waals surface area (Å²) >= 11 is 7.03.